The van der Waals surface area contributed by atoms with E-state index in [0.29, 0.717) is 57.8 Å². The van der Waals surface area contributed by atoms with Gasteiger partial charge in [-0.1, -0.05) is 53.2 Å². The summed E-state index contributed by atoms with van der Waals surface area (Å²) >= 11 is 0. The van der Waals surface area contributed by atoms with Crippen molar-refractivity contribution in [2.45, 2.75) is 305 Å². The Morgan fingerprint density at radius 2 is 1.11 bits per heavy atom. The molecule has 6 aliphatic heterocycles. The first-order valence-electron chi connectivity index (χ1n) is 34.4. The third kappa shape index (κ3) is 13.3. The fourth-order valence-electron chi connectivity index (χ4n) is 19.0. The van der Waals surface area contributed by atoms with Crippen LogP contribution in [0.1, 0.15) is 127 Å². The molecule has 556 valence electrons. The molecule has 16 N–H and O–H groups in total. The number of hydrogen-bond acceptors (Lipinski definition) is 31. The van der Waals surface area contributed by atoms with Gasteiger partial charge in [0.1, 0.15) is 116 Å². The van der Waals surface area contributed by atoms with Gasteiger partial charge in [0.25, 0.3) is 0 Å². The number of ether oxygens (including phenoxy) is 13. The van der Waals surface area contributed by atoms with Crippen molar-refractivity contribution in [3.05, 3.63) is 11.6 Å². The number of fused-ring (bicyclic) bond motifs is 7. The second-order valence-electron chi connectivity index (χ2n) is 31.4. The number of carbonyl (C=O) groups excluding carboxylic acids is 2. The monoisotopic (exact) mass is 1390 g/mol. The van der Waals surface area contributed by atoms with Crippen LogP contribution >= 0.6 is 0 Å². The third-order valence-electron chi connectivity index (χ3n) is 25.2. The summed E-state index contributed by atoms with van der Waals surface area (Å²) in [6, 6.07) is 0. The summed E-state index contributed by atoms with van der Waals surface area (Å²) in [6.45, 7) is 14.6. The zero-order chi connectivity index (χ0) is 70.7. The van der Waals surface area contributed by atoms with Crippen LogP contribution in [0.5, 0.6) is 0 Å². The number of esters is 2. The zero-order valence-corrected chi connectivity index (χ0v) is 56.4. The molecule has 11 aliphatic rings. The van der Waals surface area contributed by atoms with Crippen LogP contribution in [0.4, 0.5) is 0 Å². The van der Waals surface area contributed by atoms with E-state index in [1.165, 1.54) is 13.8 Å². The first-order valence-corrected chi connectivity index (χ1v) is 34.4. The topological polar surface area (TPSA) is 478 Å². The van der Waals surface area contributed by atoms with Crippen LogP contribution in [-0.4, -0.2) is 305 Å². The molecule has 11 rings (SSSR count). The van der Waals surface area contributed by atoms with E-state index in [-0.39, 0.29) is 47.2 Å². The summed E-state index contributed by atoms with van der Waals surface area (Å²) in [5, 5.41) is 176. The Kier molecular flexibility index (Phi) is 22.3. The summed E-state index contributed by atoms with van der Waals surface area (Å²) in [6.07, 6.45) is -37.7. The molecule has 10 fully saturated rings. The lowest BCUT2D eigenvalue weighted by Gasteiger charge is -2.71. The molecule has 0 bridgehead atoms. The average molecular weight is 1400 g/mol. The van der Waals surface area contributed by atoms with Gasteiger partial charge in [-0.2, -0.15) is 0 Å². The molecule has 0 aromatic heterocycles. The number of aliphatic hydroxyl groups excluding tert-OH is 16. The first-order chi connectivity index (χ1) is 45.5. The number of rotatable bonds is 16. The lowest BCUT2D eigenvalue weighted by atomic mass is 9.33. The van der Waals surface area contributed by atoms with E-state index < -0.39 is 226 Å². The molecule has 4 saturated carbocycles. The van der Waals surface area contributed by atoms with Gasteiger partial charge in [0, 0.05) is 12.3 Å². The Morgan fingerprint density at radius 3 is 1.79 bits per heavy atom. The van der Waals surface area contributed by atoms with Gasteiger partial charge in [0.05, 0.1) is 56.8 Å². The molecule has 0 amide bonds. The van der Waals surface area contributed by atoms with Crippen molar-refractivity contribution in [2.75, 3.05) is 33.0 Å². The molecule has 0 radical (unpaired) electrons. The summed E-state index contributed by atoms with van der Waals surface area (Å²) in [4.78, 5) is 27.3. The summed E-state index contributed by atoms with van der Waals surface area (Å²) < 4.78 is 76.9. The maximum absolute atomic E-state index is 15.4. The van der Waals surface area contributed by atoms with Gasteiger partial charge in [0.15, 0.2) is 37.6 Å². The zero-order valence-electron chi connectivity index (χ0n) is 56.4. The van der Waals surface area contributed by atoms with Gasteiger partial charge in [-0.15, -0.1) is 0 Å². The van der Waals surface area contributed by atoms with Crippen molar-refractivity contribution in [1.82, 2.24) is 0 Å². The predicted octanol–water partition coefficient (Wildman–Crippen LogP) is -3.51. The second-order valence-corrected chi connectivity index (χ2v) is 31.4. The van der Waals surface area contributed by atoms with Gasteiger partial charge in [-0.25, -0.2) is 0 Å². The number of allylic oxidation sites excluding steroid dienone is 2. The van der Waals surface area contributed by atoms with Crippen LogP contribution in [0, 0.1) is 50.2 Å². The predicted molar refractivity (Wildman–Crippen MR) is 324 cm³/mol. The van der Waals surface area contributed by atoms with E-state index in [1.54, 1.807) is 0 Å². The van der Waals surface area contributed by atoms with Crippen molar-refractivity contribution in [2.24, 2.45) is 50.2 Å². The lowest BCUT2D eigenvalue weighted by molar-refractivity contribution is -0.379. The molecule has 5 aliphatic carbocycles. The molecule has 0 aromatic rings. The highest BCUT2D eigenvalue weighted by Gasteiger charge is 2.71. The van der Waals surface area contributed by atoms with Gasteiger partial charge in [-0.05, 0) is 117 Å². The van der Waals surface area contributed by atoms with Gasteiger partial charge >= 0.3 is 11.9 Å². The van der Waals surface area contributed by atoms with E-state index >= 15 is 4.79 Å². The molecular weight excluding hydrogens is 1290 g/mol. The minimum absolute atomic E-state index is 0.0677. The smallest absolute Gasteiger partial charge is 0.315 e. The molecular formula is C66H106O31. The molecule has 0 spiro atoms. The van der Waals surface area contributed by atoms with Crippen LogP contribution in [0.25, 0.3) is 0 Å². The summed E-state index contributed by atoms with van der Waals surface area (Å²) in [5.41, 5.74) is -2.27. The van der Waals surface area contributed by atoms with Crippen molar-refractivity contribution in [1.29, 1.82) is 0 Å². The van der Waals surface area contributed by atoms with Crippen molar-refractivity contribution in [3.8, 4) is 0 Å². The standard InChI is InChI=1S/C66H106O31/c1-26-38(72)44(78)53(90-28(3)69)59(89-26)94-50-33(21-67)91-54(48(82)45(50)79)87-24-34-42(76)43(77)47(81)56(92-34)97-60(84)66-18-16-61(4,5)20-30(66)29-10-11-36-62(6)14-13-37(63(7,25-68)35(62)12-15-65(36,9)64(29,8)17-19-66)93-58-52(41(75)32(71)23-86-58)96-57-49(83)51(39(73)27(2)88-57)95-55-46(80)40(74)31(70)22-85-55/h10,26-27,30-59,67-68,70-83H,11-25H2,1-9H3. The largest absolute Gasteiger partial charge is 0.454 e. The van der Waals surface area contributed by atoms with Crippen LogP contribution < -0.4 is 0 Å². The van der Waals surface area contributed by atoms with E-state index in [4.69, 9.17) is 61.6 Å². The van der Waals surface area contributed by atoms with Crippen LogP contribution in [-0.2, 0) is 71.2 Å². The molecule has 31 heteroatoms. The number of hydrogen-bond donors (Lipinski definition) is 16. The molecule has 6 saturated heterocycles. The molecule has 97 heavy (non-hydrogen) atoms. The number of aliphatic hydroxyl groups is 16. The maximum Gasteiger partial charge on any atom is 0.315 e. The van der Waals surface area contributed by atoms with E-state index in [0.717, 1.165) is 18.9 Å². The van der Waals surface area contributed by atoms with E-state index in [2.05, 4.69) is 40.7 Å². The quantitative estimate of drug-likeness (QED) is 0.0405. The SMILES string of the molecule is CC(=O)OC1C(OC2C(CO)OC(OCC3OC(OC(=O)C45CCC(C)(C)CC4C4=CCC6C7(C)CCC(OC8OCC(O)C(O)C8OC8OC(C)C(O)C(OC9OCC(O)C(O)C9O)C8O)C(C)(CO)C7CCC6(C)C4(C)CC5)C(O)C(O)C3O)C(O)C2O)OC(C)C(O)C1O. The highest BCUT2D eigenvalue weighted by Crippen LogP contribution is 2.76. The molecule has 31 nitrogen and oxygen atoms in total. The van der Waals surface area contributed by atoms with Gasteiger partial charge in [-0.3, -0.25) is 9.59 Å². The highest BCUT2D eigenvalue weighted by molar-refractivity contribution is 5.79. The highest BCUT2D eigenvalue weighted by atomic mass is 16.8. The van der Waals surface area contributed by atoms with Crippen molar-refractivity contribution in [3.63, 3.8) is 0 Å². The molecule has 0 aromatic carbocycles. The lowest BCUT2D eigenvalue weighted by Crippen LogP contribution is -2.67. The van der Waals surface area contributed by atoms with Crippen LogP contribution in [0.3, 0.4) is 0 Å². The Bertz CT molecular complexity index is 2760. The number of carbonyl (C=O) groups is 2. The fraction of sp³-hybridized carbons (Fsp3) is 0.939. The van der Waals surface area contributed by atoms with E-state index in [1.807, 2.05) is 6.92 Å². The average Bonchev–Trinajstić information content (AvgIpc) is 0.675. The molecule has 37 atom stereocenters. The Labute approximate surface area is 562 Å². The van der Waals surface area contributed by atoms with Gasteiger partial charge in [0.2, 0.25) is 6.29 Å². The Hall–Kier alpha value is -2.40. The summed E-state index contributed by atoms with van der Waals surface area (Å²) in [7, 11) is 0. The molecule has 6 heterocycles. The van der Waals surface area contributed by atoms with Crippen molar-refractivity contribution >= 4 is 11.9 Å². The maximum atomic E-state index is 15.4. The Balaban J connectivity index is 0.768. The van der Waals surface area contributed by atoms with Crippen LogP contribution in [0.15, 0.2) is 11.6 Å². The van der Waals surface area contributed by atoms with Gasteiger partial charge < -0.3 is 143 Å². The fourth-order valence-corrected chi connectivity index (χ4v) is 19.0. The minimum Gasteiger partial charge on any atom is -0.454 e. The molecule has 37 unspecified atom stereocenters. The minimum atomic E-state index is -1.93. The normalized spacial score (nSPS) is 53.8. The van der Waals surface area contributed by atoms with Crippen molar-refractivity contribution < 1.29 is 153 Å². The van der Waals surface area contributed by atoms with E-state index in [9.17, 15) is 86.5 Å². The second kappa shape index (κ2) is 28.6. The van der Waals surface area contributed by atoms with Crippen LogP contribution in [0.2, 0.25) is 0 Å². The third-order valence-corrected chi connectivity index (χ3v) is 25.2. The Morgan fingerprint density at radius 1 is 0.515 bits per heavy atom. The summed E-state index contributed by atoms with van der Waals surface area (Å²) in [5.74, 6) is -1.90. The first kappa shape index (κ1) is 75.7.